The van der Waals surface area contributed by atoms with E-state index < -0.39 is 17.8 Å². The number of methoxy groups -OCH3 is 2. The zero-order chi connectivity index (χ0) is 33.8. The Bertz CT molecular complexity index is 1640. The summed E-state index contributed by atoms with van der Waals surface area (Å²) in [5.41, 5.74) is 12.9. The third-order valence-electron chi connectivity index (χ3n) is 5.64. The van der Waals surface area contributed by atoms with Crippen molar-refractivity contribution in [2.45, 2.75) is 0 Å². The molecule has 0 radical (unpaired) electrons. The van der Waals surface area contributed by atoms with Gasteiger partial charge in [-0.05, 0) is 137 Å². The maximum atomic E-state index is 12.1. The van der Waals surface area contributed by atoms with Crippen molar-refractivity contribution >= 4 is 92.9 Å². The van der Waals surface area contributed by atoms with E-state index in [9.17, 15) is 14.4 Å². The smallest absolute Gasteiger partial charge is 0.343 e. The van der Waals surface area contributed by atoms with Crippen molar-refractivity contribution in [1.29, 1.82) is 0 Å². The van der Waals surface area contributed by atoms with Gasteiger partial charge in [0, 0.05) is 16.9 Å². The maximum Gasteiger partial charge on any atom is 0.343 e. The standard InChI is InChI=1S/C16H14Br2N2O4.C15H13Br2NO4/c1-23-14(21)8-20-16(22)9-6-12(17)15(13(18)7-9)24-11-4-2-10(19)3-5-11;1-20-14(19)8-21-11-6-12(16)15(13(17)7-11)22-10-4-2-9(18)3-5-10/h2-7H,8,19H2,1H3,(H,20,22);2-7H,8,18H2,1H3. The number of ether oxygens (including phenoxy) is 5. The molecule has 0 saturated heterocycles. The van der Waals surface area contributed by atoms with E-state index in [0.717, 1.165) is 0 Å². The van der Waals surface area contributed by atoms with Crippen LogP contribution in [-0.4, -0.2) is 45.2 Å². The first-order valence-corrected chi connectivity index (χ1v) is 16.2. The molecule has 0 unspecified atom stereocenters. The summed E-state index contributed by atoms with van der Waals surface area (Å²) in [4.78, 5) is 34.2. The highest BCUT2D eigenvalue weighted by Crippen LogP contribution is 2.40. The van der Waals surface area contributed by atoms with Gasteiger partial charge in [0.05, 0.1) is 32.1 Å². The van der Waals surface area contributed by atoms with E-state index in [2.05, 4.69) is 78.5 Å². The van der Waals surface area contributed by atoms with Crippen LogP contribution in [0.1, 0.15) is 10.4 Å². The second-order valence-corrected chi connectivity index (χ2v) is 12.4. The quantitative estimate of drug-likeness (QED) is 0.107. The van der Waals surface area contributed by atoms with Gasteiger partial charge in [-0.25, -0.2) is 4.79 Å². The van der Waals surface area contributed by atoms with Crippen molar-refractivity contribution in [3.63, 3.8) is 0 Å². The monoisotopic (exact) mass is 885 g/mol. The molecule has 0 bridgehead atoms. The van der Waals surface area contributed by atoms with Crippen LogP contribution in [0.5, 0.6) is 28.7 Å². The highest BCUT2D eigenvalue weighted by Gasteiger charge is 2.16. The summed E-state index contributed by atoms with van der Waals surface area (Å²) in [6, 6.07) is 20.6. The van der Waals surface area contributed by atoms with E-state index >= 15 is 0 Å². The molecule has 11 nitrogen and oxygen atoms in total. The van der Waals surface area contributed by atoms with Gasteiger partial charge in [0.1, 0.15) is 23.8 Å². The minimum atomic E-state index is -0.523. The van der Waals surface area contributed by atoms with E-state index in [1.807, 2.05) is 0 Å². The van der Waals surface area contributed by atoms with Crippen LogP contribution in [0.3, 0.4) is 0 Å². The summed E-state index contributed by atoms with van der Waals surface area (Å²) in [5, 5.41) is 2.47. The number of hydrogen-bond acceptors (Lipinski definition) is 10. The van der Waals surface area contributed by atoms with Crippen LogP contribution >= 0.6 is 63.7 Å². The van der Waals surface area contributed by atoms with Crippen molar-refractivity contribution in [2.24, 2.45) is 0 Å². The van der Waals surface area contributed by atoms with Crippen LogP contribution in [0, 0.1) is 0 Å². The van der Waals surface area contributed by atoms with Crippen LogP contribution in [0.15, 0.2) is 90.7 Å². The van der Waals surface area contributed by atoms with Crippen LogP contribution in [0.2, 0.25) is 0 Å². The Kier molecular flexibility index (Phi) is 14.2. The normalized spacial score (nSPS) is 10.1. The van der Waals surface area contributed by atoms with Crippen LogP contribution < -0.4 is 31.0 Å². The summed E-state index contributed by atoms with van der Waals surface area (Å²) in [6.45, 7) is -0.359. The highest BCUT2D eigenvalue weighted by atomic mass is 79.9. The zero-order valence-corrected chi connectivity index (χ0v) is 30.6. The largest absolute Gasteiger partial charge is 0.482 e. The van der Waals surface area contributed by atoms with E-state index in [0.29, 0.717) is 63.6 Å². The first-order valence-electron chi connectivity index (χ1n) is 13.0. The predicted octanol–water partition coefficient (Wildman–Crippen LogP) is 7.63. The van der Waals surface area contributed by atoms with E-state index in [1.165, 1.54) is 14.2 Å². The molecule has 0 atom stereocenters. The van der Waals surface area contributed by atoms with Crippen LogP contribution in [0.4, 0.5) is 11.4 Å². The fourth-order valence-electron chi connectivity index (χ4n) is 3.34. The molecule has 4 aromatic carbocycles. The van der Waals surface area contributed by atoms with Gasteiger partial charge in [-0.2, -0.15) is 0 Å². The van der Waals surface area contributed by atoms with Gasteiger partial charge in [-0.1, -0.05) is 0 Å². The number of benzene rings is 4. The Morgan fingerprint density at radius 2 is 1.04 bits per heavy atom. The number of esters is 2. The molecule has 0 spiro atoms. The molecule has 1 amide bonds. The average molecular weight is 889 g/mol. The fourth-order valence-corrected chi connectivity index (χ4v) is 6.00. The first kappa shape index (κ1) is 36.7. The summed E-state index contributed by atoms with van der Waals surface area (Å²) in [7, 11) is 2.56. The molecule has 5 N–H and O–H groups in total. The van der Waals surface area contributed by atoms with Gasteiger partial charge in [0.25, 0.3) is 5.91 Å². The summed E-state index contributed by atoms with van der Waals surface area (Å²) >= 11 is 13.6. The van der Waals surface area contributed by atoms with E-state index in [1.54, 1.807) is 72.8 Å². The molecule has 242 valence electrons. The van der Waals surface area contributed by atoms with Crippen molar-refractivity contribution < 1.29 is 38.1 Å². The number of halogens is 4. The molecule has 0 heterocycles. The number of amides is 1. The topological polar surface area (TPSA) is 161 Å². The predicted molar refractivity (Wildman–Crippen MR) is 187 cm³/mol. The molecule has 0 fully saturated rings. The van der Waals surface area contributed by atoms with Crippen molar-refractivity contribution in [1.82, 2.24) is 5.32 Å². The Morgan fingerprint density at radius 1 is 0.630 bits per heavy atom. The van der Waals surface area contributed by atoms with Gasteiger partial charge in [-0.15, -0.1) is 0 Å². The molecule has 0 aliphatic carbocycles. The lowest BCUT2D eigenvalue weighted by molar-refractivity contribution is -0.143. The molecule has 15 heteroatoms. The number of nitrogens with two attached hydrogens (primary N) is 2. The highest BCUT2D eigenvalue weighted by molar-refractivity contribution is 9.11. The molecule has 0 aliphatic heterocycles. The third kappa shape index (κ3) is 11.2. The summed E-state index contributed by atoms with van der Waals surface area (Å²) in [5.74, 6) is 1.50. The van der Waals surface area contributed by atoms with Crippen LogP contribution in [0.25, 0.3) is 0 Å². The SMILES string of the molecule is COC(=O)CNC(=O)c1cc(Br)c(Oc2ccc(N)cc2)c(Br)c1.COC(=O)COc1cc(Br)c(Oc2ccc(N)cc2)c(Br)c1. The summed E-state index contributed by atoms with van der Waals surface area (Å²) in [6.07, 6.45) is 0. The Balaban J connectivity index is 0.000000251. The number of anilines is 2. The molecule has 0 aliphatic rings. The third-order valence-corrected chi connectivity index (χ3v) is 7.99. The number of nitrogen functional groups attached to an aromatic ring is 2. The number of hydrogen-bond donors (Lipinski definition) is 3. The second-order valence-electron chi connectivity index (χ2n) is 8.95. The Morgan fingerprint density at radius 3 is 1.46 bits per heavy atom. The lowest BCUT2D eigenvalue weighted by Gasteiger charge is -2.12. The lowest BCUT2D eigenvalue weighted by atomic mass is 10.2. The van der Waals surface area contributed by atoms with Crippen molar-refractivity contribution in [2.75, 3.05) is 38.8 Å². The summed E-state index contributed by atoms with van der Waals surface area (Å²) < 4.78 is 28.4. The van der Waals surface area contributed by atoms with Crippen molar-refractivity contribution in [3.8, 4) is 28.7 Å². The van der Waals surface area contributed by atoms with Gasteiger partial charge in [0.15, 0.2) is 18.1 Å². The molecular weight excluding hydrogens is 862 g/mol. The number of carbonyl (C=O) groups is 3. The number of carbonyl (C=O) groups excluding carboxylic acids is 3. The molecular formula is C31H27Br4N3O8. The van der Waals surface area contributed by atoms with Gasteiger partial charge >= 0.3 is 11.9 Å². The molecule has 46 heavy (non-hydrogen) atoms. The van der Waals surface area contributed by atoms with Gasteiger partial charge in [-0.3, -0.25) is 9.59 Å². The van der Waals surface area contributed by atoms with Crippen molar-refractivity contribution in [3.05, 3.63) is 96.3 Å². The second kappa shape index (κ2) is 17.8. The van der Waals surface area contributed by atoms with E-state index in [4.69, 9.17) is 25.7 Å². The van der Waals surface area contributed by atoms with E-state index in [-0.39, 0.29) is 13.2 Å². The molecule has 4 rings (SSSR count). The average Bonchev–Trinajstić information content (AvgIpc) is 3.03. The first-order chi connectivity index (χ1) is 21.9. The van der Waals surface area contributed by atoms with Gasteiger partial charge in [0.2, 0.25) is 0 Å². The lowest BCUT2D eigenvalue weighted by Crippen LogP contribution is -2.30. The molecule has 0 saturated carbocycles. The zero-order valence-electron chi connectivity index (χ0n) is 24.3. The fraction of sp³-hybridized carbons (Fsp3) is 0.129. The van der Waals surface area contributed by atoms with Gasteiger partial charge < -0.3 is 40.5 Å². The minimum Gasteiger partial charge on any atom is -0.482 e. The minimum absolute atomic E-state index is 0.159. The van der Waals surface area contributed by atoms with Crippen LogP contribution in [-0.2, 0) is 19.1 Å². The Hall–Kier alpha value is -3.79. The Labute approximate surface area is 298 Å². The molecule has 4 aromatic rings. The maximum absolute atomic E-state index is 12.1. The number of nitrogens with one attached hydrogen (secondary N) is 1. The number of rotatable bonds is 10. The molecule has 0 aromatic heterocycles.